The number of benzene rings is 2. The first-order valence-corrected chi connectivity index (χ1v) is 7.81. The molecular weight excluding hydrogens is 290 g/mol. The van der Waals surface area contributed by atoms with Gasteiger partial charge in [0.1, 0.15) is 6.10 Å². The molecule has 2 aromatic carbocycles. The number of hydrogen-bond donors (Lipinski definition) is 0. The van der Waals surface area contributed by atoms with Gasteiger partial charge in [-0.05, 0) is 23.3 Å². The third-order valence-corrected chi connectivity index (χ3v) is 4.04. The van der Waals surface area contributed by atoms with Crippen LogP contribution in [0.2, 0.25) is 0 Å². The van der Waals surface area contributed by atoms with Crippen LogP contribution >= 0.6 is 0 Å². The molecule has 0 aromatic heterocycles. The van der Waals surface area contributed by atoms with Gasteiger partial charge in [-0.15, -0.1) is 0 Å². The lowest BCUT2D eigenvalue weighted by atomic mass is 10.1. The molecule has 4 nitrogen and oxygen atoms in total. The lowest BCUT2D eigenvalue weighted by molar-refractivity contribution is -0.0228. The van der Waals surface area contributed by atoms with Gasteiger partial charge >= 0.3 is 0 Å². The summed E-state index contributed by atoms with van der Waals surface area (Å²) < 4.78 is 10.9. The van der Waals surface area contributed by atoms with Crippen molar-refractivity contribution in [3.8, 4) is 0 Å². The van der Waals surface area contributed by atoms with E-state index in [4.69, 9.17) is 9.47 Å². The lowest BCUT2D eigenvalue weighted by Crippen LogP contribution is -2.42. The number of rotatable bonds is 4. The summed E-state index contributed by atoms with van der Waals surface area (Å²) in [7, 11) is 1.66. The van der Waals surface area contributed by atoms with Crippen LogP contribution in [0.25, 0.3) is 0 Å². The average molecular weight is 311 g/mol. The first-order chi connectivity index (χ1) is 11.3. The van der Waals surface area contributed by atoms with Crippen molar-refractivity contribution in [1.82, 2.24) is 4.90 Å². The quantitative estimate of drug-likeness (QED) is 0.871. The zero-order valence-corrected chi connectivity index (χ0v) is 13.3. The smallest absolute Gasteiger partial charge is 0.254 e. The first-order valence-electron chi connectivity index (χ1n) is 7.81. The predicted molar refractivity (Wildman–Crippen MR) is 88.2 cm³/mol. The Kier molecular flexibility index (Phi) is 5.05. The zero-order valence-electron chi connectivity index (χ0n) is 13.3. The third-order valence-electron chi connectivity index (χ3n) is 4.04. The molecule has 120 valence electrons. The fourth-order valence-corrected chi connectivity index (χ4v) is 2.80. The van der Waals surface area contributed by atoms with Crippen molar-refractivity contribution in [1.29, 1.82) is 0 Å². The number of methoxy groups -OCH3 is 1. The Hall–Kier alpha value is -2.17. The van der Waals surface area contributed by atoms with Crippen LogP contribution in [0.4, 0.5) is 0 Å². The molecule has 1 aliphatic rings. The number of carbonyl (C=O) groups is 1. The SMILES string of the molecule is COCc1ccc(C(=O)N2CCOC(c3ccccc3)C2)cc1. The van der Waals surface area contributed by atoms with Gasteiger partial charge in [-0.2, -0.15) is 0 Å². The lowest BCUT2D eigenvalue weighted by Gasteiger charge is -2.33. The number of hydrogen-bond acceptors (Lipinski definition) is 3. The molecule has 1 amide bonds. The second-order valence-corrected chi connectivity index (χ2v) is 5.65. The Labute approximate surface area is 136 Å². The number of ether oxygens (including phenoxy) is 2. The summed E-state index contributed by atoms with van der Waals surface area (Å²) in [5, 5.41) is 0. The largest absolute Gasteiger partial charge is 0.380 e. The molecule has 0 aliphatic carbocycles. The molecule has 0 N–H and O–H groups in total. The molecule has 1 atom stereocenters. The molecule has 1 unspecified atom stereocenters. The van der Waals surface area contributed by atoms with Crippen LogP contribution in [0.1, 0.15) is 27.6 Å². The van der Waals surface area contributed by atoms with E-state index in [9.17, 15) is 4.79 Å². The summed E-state index contributed by atoms with van der Waals surface area (Å²) >= 11 is 0. The summed E-state index contributed by atoms with van der Waals surface area (Å²) in [6, 6.07) is 17.7. The van der Waals surface area contributed by atoms with Crippen LogP contribution < -0.4 is 0 Å². The van der Waals surface area contributed by atoms with Gasteiger partial charge in [0, 0.05) is 19.2 Å². The zero-order chi connectivity index (χ0) is 16.1. The Morgan fingerprint density at radius 3 is 2.61 bits per heavy atom. The molecule has 3 rings (SSSR count). The van der Waals surface area contributed by atoms with Crippen LogP contribution in [-0.2, 0) is 16.1 Å². The van der Waals surface area contributed by atoms with Crippen LogP contribution in [-0.4, -0.2) is 37.6 Å². The van der Waals surface area contributed by atoms with Crippen molar-refractivity contribution in [2.24, 2.45) is 0 Å². The molecule has 2 aromatic rings. The van der Waals surface area contributed by atoms with E-state index in [-0.39, 0.29) is 12.0 Å². The van der Waals surface area contributed by atoms with Gasteiger partial charge in [-0.3, -0.25) is 4.79 Å². The second kappa shape index (κ2) is 7.40. The first kappa shape index (κ1) is 15.7. The number of carbonyl (C=O) groups excluding carboxylic acids is 1. The van der Waals surface area contributed by atoms with Gasteiger partial charge in [0.2, 0.25) is 0 Å². The van der Waals surface area contributed by atoms with Crippen molar-refractivity contribution in [2.75, 3.05) is 26.8 Å². The summed E-state index contributed by atoms with van der Waals surface area (Å²) in [5.74, 6) is 0.0539. The minimum Gasteiger partial charge on any atom is -0.380 e. The maximum Gasteiger partial charge on any atom is 0.254 e. The van der Waals surface area contributed by atoms with Gasteiger partial charge in [-0.1, -0.05) is 42.5 Å². The van der Waals surface area contributed by atoms with Crippen molar-refractivity contribution in [3.63, 3.8) is 0 Å². The molecule has 1 aliphatic heterocycles. The second-order valence-electron chi connectivity index (χ2n) is 5.65. The molecular formula is C19H21NO3. The highest BCUT2D eigenvalue weighted by Crippen LogP contribution is 2.23. The molecule has 0 bridgehead atoms. The van der Waals surface area contributed by atoms with Gasteiger partial charge in [0.15, 0.2) is 0 Å². The van der Waals surface area contributed by atoms with Crippen LogP contribution in [0.3, 0.4) is 0 Å². The van der Waals surface area contributed by atoms with Crippen LogP contribution in [0.5, 0.6) is 0 Å². The topological polar surface area (TPSA) is 38.8 Å². The number of morpholine rings is 1. The van der Waals surface area contributed by atoms with E-state index in [0.717, 1.165) is 11.1 Å². The molecule has 0 radical (unpaired) electrons. The van der Waals surface area contributed by atoms with E-state index in [1.54, 1.807) is 7.11 Å². The Balaban J connectivity index is 1.69. The molecule has 23 heavy (non-hydrogen) atoms. The molecule has 1 heterocycles. The van der Waals surface area contributed by atoms with Crippen LogP contribution in [0.15, 0.2) is 54.6 Å². The minimum absolute atomic E-state index is 0.0539. The highest BCUT2D eigenvalue weighted by molar-refractivity contribution is 5.94. The van der Waals surface area contributed by atoms with E-state index in [2.05, 4.69) is 0 Å². The molecule has 4 heteroatoms. The highest BCUT2D eigenvalue weighted by atomic mass is 16.5. The highest BCUT2D eigenvalue weighted by Gasteiger charge is 2.25. The van der Waals surface area contributed by atoms with Gasteiger partial charge in [-0.25, -0.2) is 0 Å². The normalized spacial score (nSPS) is 18.0. The Bertz CT molecular complexity index is 639. The van der Waals surface area contributed by atoms with Gasteiger partial charge in [0.25, 0.3) is 5.91 Å². The molecule has 0 saturated carbocycles. The fourth-order valence-electron chi connectivity index (χ4n) is 2.80. The number of nitrogens with zero attached hydrogens (tertiary/aromatic N) is 1. The summed E-state index contributed by atoms with van der Waals surface area (Å²) in [5.41, 5.74) is 2.88. The summed E-state index contributed by atoms with van der Waals surface area (Å²) in [6.07, 6.45) is -0.0540. The fraction of sp³-hybridized carbons (Fsp3) is 0.316. The molecule has 1 saturated heterocycles. The van der Waals surface area contributed by atoms with Gasteiger partial charge < -0.3 is 14.4 Å². The van der Waals surface area contributed by atoms with E-state index in [0.29, 0.717) is 31.9 Å². The maximum absolute atomic E-state index is 12.7. The van der Waals surface area contributed by atoms with Crippen molar-refractivity contribution in [2.45, 2.75) is 12.7 Å². The van der Waals surface area contributed by atoms with E-state index >= 15 is 0 Å². The molecule has 0 spiro atoms. The third kappa shape index (κ3) is 3.78. The monoisotopic (exact) mass is 311 g/mol. The van der Waals surface area contributed by atoms with E-state index < -0.39 is 0 Å². The van der Waals surface area contributed by atoms with Crippen molar-refractivity contribution in [3.05, 3.63) is 71.3 Å². The summed E-state index contributed by atoms with van der Waals surface area (Å²) in [6.45, 7) is 2.33. The van der Waals surface area contributed by atoms with E-state index in [1.165, 1.54) is 0 Å². The average Bonchev–Trinajstić information content (AvgIpc) is 2.63. The standard InChI is InChI=1S/C19H21NO3/c1-22-14-15-7-9-17(10-8-15)19(21)20-11-12-23-18(13-20)16-5-3-2-4-6-16/h2-10,18H,11-14H2,1H3. The van der Waals surface area contributed by atoms with Crippen molar-refractivity contribution >= 4 is 5.91 Å². The Morgan fingerprint density at radius 2 is 1.91 bits per heavy atom. The van der Waals surface area contributed by atoms with Crippen molar-refractivity contribution < 1.29 is 14.3 Å². The van der Waals surface area contributed by atoms with Gasteiger partial charge in [0.05, 0.1) is 19.8 Å². The summed E-state index contributed by atoms with van der Waals surface area (Å²) in [4.78, 5) is 14.6. The maximum atomic E-state index is 12.7. The predicted octanol–water partition coefficient (Wildman–Crippen LogP) is 3.05. The number of amides is 1. The van der Waals surface area contributed by atoms with Crippen LogP contribution in [0, 0.1) is 0 Å². The Morgan fingerprint density at radius 1 is 1.17 bits per heavy atom. The van der Waals surface area contributed by atoms with E-state index in [1.807, 2.05) is 59.5 Å². The minimum atomic E-state index is -0.0540. The molecule has 1 fully saturated rings.